The minimum absolute atomic E-state index is 0.149. The van der Waals surface area contributed by atoms with Crippen molar-refractivity contribution in [2.24, 2.45) is 0 Å². The quantitative estimate of drug-likeness (QED) is 0.910. The van der Waals surface area contributed by atoms with Gasteiger partial charge in [0, 0.05) is 30.3 Å². The molecule has 1 N–H and O–H groups in total. The van der Waals surface area contributed by atoms with Gasteiger partial charge in [0.1, 0.15) is 5.82 Å². The predicted molar refractivity (Wildman–Crippen MR) is 79.5 cm³/mol. The van der Waals surface area contributed by atoms with Crippen molar-refractivity contribution in [1.29, 1.82) is 0 Å². The van der Waals surface area contributed by atoms with E-state index < -0.39 is 0 Å². The summed E-state index contributed by atoms with van der Waals surface area (Å²) < 4.78 is 16.0. The standard InChI is InChI=1S/C15H19ClFN3/c1-10(2)20-8-7-11(19-20)9-14(18-3)12-5-4-6-13(16)15(12)17/h4-8,10,14,18H,9H2,1-3H3. The summed E-state index contributed by atoms with van der Waals surface area (Å²) in [6.07, 6.45) is 2.56. The van der Waals surface area contributed by atoms with Gasteiger partial charge in [-0.2, -0.15) is 5.10 Å². The Kier molecular flexibility index (Phi) is 4.78. The molecular weight excluding hydrogens is 277 g/mol. The van der Waals surface area contributed by atoms with Crippen molar-refractivity contribution in [3.05, 3.63) is 52.6 Å². The van der Waals surface area contributed by atoms with Gasteiger partial charge in [0.05, 0.1) is 10.7 Å². The van der Waals surface area contributed by atoms with Crippen LogP contribution in [0, 0.1) is 5.82 Å². The maximum Gasteiger partial charge on any atom is 0.146 e. The van der Waals surface area contributed by atoms with Crippen LogP contribution in [0.25, 0.3) is 0 Å². The molecule has 0 saturated heterocycles. The first-order chi connectivity index (χ1) is 9.52. The van der Waals surface area contributed by atoms with Gasteiger partial charge in [-0.05, 0) is 33.0 Å². The van der Waals surface area contributed by atoms with Crippen LogP contribution in [0.4, 0.5) is 4.39 Å². The van der Waals surface area contributed by atoms with Crippen molar-refractivity contribution in [3.63, 3.8) is 0 Å². The number of rotatable bonds is 5. The number of aromatic nitrogens is 2. The summed E-state index contributed by atoms with van der Waals surface area (Å²) in [6.45, 7) is 4.14. The zero-order chi connectivity index (χ0) is 14.7. The lowest BCUT2D eigenvalue weighted by Gasteiger charge is -2.17. The highest BCUT2D eigenvalue weighted by Gasteiger charge is 2.17. The van der Waals surface area contributed by atoms with Gasteiger partial charge in [0.2, 0.25) is 0 Å². The Bertz CT molecular complexity index is 580. The topological polar surface area (TPSA) is 29.9 Å². The minimum atomic E-state index is -0.364. The van der Waals surface area contributed by atoms with Crippen molar-refractivity contribution < 1.29 is 4.39 Å². The Balaban J connectivity index is 2.22. The Labute approximate surface area is 123 Å². The van der Waals surface area contributed by atoms with Gasteiger partial charge in [-0.1, -0.05) is 23.7 Å². The van der Waals surface area contributed by atoms with Crippen molar-refractivity contribution in [1.82, 2.24) is 15.1 Å². The van der Waals surface area contributed by atoms with Crippen LogP contribution in [0.15, 0.2) is 30.5 Å². The summed E-state index contributed by atoms with van der Waals surface area (Å²) in [7, 11) is 1.81. The molecule has 0 fully saturated rings. The first-order valence-corrected chi connectivity index (χ1v) is 7.06. The number of hydrogen-bond acceptors (Lipinski definition) is 2. The van der Waals surface area contributed by atoms with E-state index in [9.17, 15) is 4.39 Å². The number of nitrogens with zero attached hydrogens (tertiary/aromatic N) is 2. The molecule has 0 saturated carbocycles. The van der Waals surface area contributed by atoms with Gasteiger partial charge in [-0.15, -0.1) is 0 Å². The Morgan fingerprint density at radius 1 is 1.35 bits per heavy atom. The summed E-state index contributed by atoms with van der Waals surface area (Å²) in [5, 5.41) is 7.77. The molecular formula is C15H19ClFN3. The summed E-state index contributed by atoms with van der Waals surface area (Å²) in [5.41, 5.74) is 1.50. The van der Waals surface area contributed by atoms with Crippen LogP contribution in [0.3, 0.4) is 0 Å². The lowest BCUT2D eigenvalue weighted by molar-refractivity contribution is 0.504. The molecule has 1 aromatic heterocycles. The smallest absolute Gasteiger partial charge is 0.146 e. The monoisotopic (exact) mass is 295 g/mol. The molecule has 3 nitrogen and oxygen atoms in total. The van der Waals surface area contributed by atoms with Gasteiger partial charge in [0.25, 0.3) is 0 Å². The third-order valence-electron chi connectivity index (χ3n) is 3.31. The fourth-order valence-corrected chi connectivity index (χ4v) is 2.32. The van der Waals surface area contributed by atoms with E-state index in [2.05, 4.69) is 24.3 Å². The lowest BCUT2D eigenvalue weighted by atomic mass is 10.0. The summed E-state index contributed by atoms with van der Waals surface area (Å²) >= 11 is 5.84. The van der Waals surface area contributed by atoms with Crippen LogP contribution in [0.1, 0.15) is 37.2 Å². The van der Waals surface area contributed by atoms with Gasteiger partial charge >= 0.3 is 0 Å². The van der Waals surface area contributed by atoms with Crippen LogP contribution in [0.5, 0.6) is 0 Å². The zero-order valence-electron chi connectivity index (χ0n) is 11.9. The molecule has 2 aromatic rings. The molecule has 0 aliphatic heterocycles. The molecule has 1 unspecified atom stereocenters. The molecule has 1 aromatic carbocycles. The van der Waals surface area contributed by atoms with E-state index >= 15 is 0 Å². The molecule has 2 rings (SSSR count). The van der Waals surface area contributed by atoms with E-state index in [1.165, 1.54) is 0 Å². The number of nitrogens with one attached hydrogen (secondary N) is 1. The van der Waals surface area contributed by atoms with Crippen LogP contribution >= 0.6 is 11.6 Å². The number of hydrogen-bond donors (Lipinski definition) is 1. The van der Waals surface area contributed by atoms with Crippen molar-refractivity contribution in [2.45, 2.75) is 32.4 Å². The second kappa shape index (κ2) is 6.37. The number of halogens is 2. The molecule has 1 heterocycles. The van der Waals surface area contributed by atoms with Crippen molar-refractivity contribution >= 4 is 11.6 Å². The molecule has 108 valence electrons. The second-order valence-electron chi connectivity index (χ2n) is 5.07. The Morgan fingerprint density at radius 3 is 2.70 bits per heavy atom. The van der Waals surface area contributed by atoms with Crippen LogP contribution < -0.4 is 5.32 Å². The molecule has 0 aliphatic carbocycles. The highest BCUT2D eigenvalue weighted by Crippen LogP contribution is 2.25. The van der Waals surface area contributed by atoms with Gasteiger partial charge in [-0.25, -0.2) is 4.39 Å². The molecule has 0 amide bonds. The molecule has 0 radical (unpaired) electrons. The first-order valence-electron chi connectivity index (χ1n) is 6.68. The fourth-order valence-electron chi connectivity index (χ4n) is 2.14. The number of benzene rings is 1. The molecule has 0 aliphatic rings. The summed E-state index contributed by atoms with van der Waals surface area (Å²) in [5.74, 6) is -0.364. The summed E-state index contributed by atoms with van der Waals surface area (Å²) in [6, 6.07) is 7.21. The largest absolute Gasteiger partial charge is 0.313 e. The van der Waals surface area contributed by atoms with Crippen LogP contribution in [0.2, 0.25) is 5.02 Å². The summed E-state index contributed by atoms with van der Waals surface area (Å²) in [4.78, 5) is 0. The Morgan fingerprint density at radius 2 is 2.10 bits per heavy atom. The highest BCUT2D eigenvalue weighted by molar-refractivity contribution is 6.30. The van der Waals surface area contributed by atoms with Crippen molar-refractivity contribution in [2.75, 3.05) is 7.05 Å². The van der Waals surface area contributed by atoms with E-state index in [1.807, 2.05) is 24.0 Å². The molecule has 1 atom stereocenters. The minimum Gasteiger partial charge on any atom is -0.313 e. The maximum absolute atomic E-state index is 14.1. The molecule has 20 heavy (non-hydrogen) atoms. The van der Waals surface area contributed by atoms with E-state index in [-0.39, 0.29) is 16.9 Å². The SMILES string of the molecule is CNC(Cc1ccn(C(C)C)n1)c1cccc(Cl)c1F. The van der Waals surface area contributed by atoms with E-state index in [4.69, 9.17) is 11.6 Å². The first kappa shape index (κ1) is 15.0. The van der Waals surface area contributed by atoms with Crippen LogP contribution in [-0.2, 0) is 6.42 Å². The third kappa shape index (κ3) is 3.19. The normalized spacial score (nSPS) is 12.9. The number of likely N-dealkylation sites (N-methyl/N-ethyl adjacent to an activating group) is 1. The maximum atomic E-state index is 14.1. The van der Waals surface area contributed by atoms with Gasteiger partial charge < -0.3 is 5.32 Å². The molecule has 5 heteroatoms. The zero-order valence-corrected chi connectivity index (χ0v) is 12.7. The van der Waals surface area contributed by atoms with Gasteiger partial charge in [-0.3, -0.25) is 4.68 Å². The third-order valence-corrected chi connectivity index (χ3v) is 3.60. The lowest BCUT2D eigenvalue weighted by Crippen LogP contribution is -2.20. The Hall–Kier alpha value is -1.39. The van der Waals surface area contributed by atoms with E-state index in [0.29, 0.717) is 18.0 Å². The van der Waals surface area contributed by atoms with E-state index in [0.717, 1.165) is 5.69 Å². The second-order valence-corrected chi connectivity index (χ2v) is 5.48. The fraction of sp³-hybridized carbons (Fsp3) is 0.400. The molecule has 0 bridgehead atoms. The predicted octanol–water partition coefficient (Wildman–Crippen LogP) is 3.76. The van der Waals surface area contributed by atoms with E-state index in [1.54, 1.807) is 18.2 Å². The average molecular weight is 296 g/mol. The van der Waals surface area contributed by atoms with Gasteiger partial charge in [0.15, 0.2) is 0 Å². The van der Waals surface area contributed by atoms with Crippen LogP contribution in [-0.4, -0.2) is 16.8 Å². The highest BCUT2D eigenvalue weighted by atomic mass is 35.5. The van der Waals surface area contributed by atoms with Crippen molar-refractivity contribution in [3.8, 4) is 0 Å². The average Bonchev–Trinajstić information content (AvgIpc) is 2.88. The molecule has 0 spiro atoms.